The molecule has 1 fully saturated rings. The fourth-order valence-corrected chi connectivity index (χ4v) is 3.78. The number of halogens is 1. The van der Waals surface area contributed by atoms with Crippen molar-refractivity contribution in [2.24, 2.45) is 4.99 Å². The summed E-state index contributed by atoms with van der Waals surface area (Å²) in [5, 5.41) is 0. The van der Waals surface area contributed by atoms with Crippen LogP contribution in [0.5, 0.6) is 0 Å². The minimum atomic E-state index is -0.774. The fourth-order valence-electron chi connectivity index (χ4n) is 3.78. The molecule has 4 rings (SSSR count). The molecule has 1 unspecified atom stereocenters. The van der Waals surface area contributed by atoms with Gasteiger partial charge < -0.3 is 9.64 Å². The van der Waals surface area contributed by atoms with E-state index in [1.807, 2.05) is 41.3 Å². The molecule has 1 amide bonds. The van der Waals surface area contributed by atoms with Gasteiger partial charge in [0.1, 0.15) is 18.2 Å². The molecule has 0 aromatic heterocycles. The molecule has 28 heavy (non-hydrogen) atoms. The number of carbonyl (C=O) groups excluding carboxylic acids is 1. The molecule has 2 aliphatic rings. The Labute approximate surface area is 164 Å². The summed E-state index contributed by atoms with van der Waals surface area (Å²) in [5.74, 6) is 0.392. The van der Waals surface area contributed by atoms with Gasteiger partial charge in [-0.05, 0) is 24.5 Å². The average Bonchev–Trinajstić information content (AvgIpc) is 3.12. The number of likely N-dealkylation sites (tertiary alicyclic amines) is 1. The molecular weight excluding hydrogens is 355 g/mol. The lowest BCUT2D eigenvalue weighted by Gasteiger charge is -2.40. The first kappa shape index (κ1) is 18.4. The maximum Gasteiger partial charge on any atom is 0.224 e. The van der Waals surface area contributed by atoms with Crippen molar-refractivity contribution in [3.05, 3.63) is 83.4 Å². The van der Waals surface area contributed by atoms with E-state index in [-0.39, 0.29) is 18.3 Å². The molecule has 0 bridgehead atoms. The number of allylic oxidation sites excluding steroid dienone is 1. The summed E-state index contributed by atoms with van der Waals surface area (Å²) >= 11 is 0. The number of nitrogens with zero attached hydrogens (tertiary/aromatic N) is 2. The highest BCUT2D eigenvalue weighted by atomic mass is 19.1. The molecule has 4 nitrogen and oxygen atoms in total. The van der Waals surface area contributed by atoms with Gasteiger partial charge in [0.2, 0.25) is 5.91 Å². The van der Waals surface area contributed by atoms with E-state index in [9.17, 15) is 9.18 Å². The van der Waals surface area contributed by atoms with Gasteiger partial charge in [-0.25, -0.2) is 4.39 Å². The van der Waals surface area contributed by atoms with Gasteiger partial charge in [-0.15, -0.1) is 0 Å². The average molecular weight is 378 g/mol. The SMILES string of the molecule is O=C1CCCCN1C1(Cc2ccccc2)C=C(OCc2ccccc2F)C=N1. The number of hydrogen-bond donors (Lipinski definition) is 0. The molecule has 0 saturated carbocycles. The van der Waals surface area contributed by atoms with Crippen LogP contribution in [0.3, 0.4) is 0 Å². The first-order valence-electron chi connectivity index (χ1n) is 9.65. The van der Waals surface area contributed by atoms with Crippen LogP contribution in [0.15, 0.2) is 71.4 Å². The fraction of sp³-hybridized carbons (Fsp3) is 0.304. The molecule has 2 aromatic carbocycles. The standard InChI is InChI=1S/C23H23FN2O2/c24-21-11-5-4-10-19(21)17-28-20-15-23(25-16-20,14-18-8-2-1-3-9-18)26-13-7-6-12-22(26)27/h1-5,8-11,15-16H,6-7,12-14,17H2. The van der Waals surface area contributed by atoms with Crippen molar-refractivity contribution >= 4 is 12.1 Å². The molecule has 5 heteroatoms. The zero-order valence-electron chi connectivity index (χ0n) is 15.7. The first-order chi connectivity index (χ1) is 13.7. The summed E-state index contributed by atoms with van der Waals surface area (Å²) in [7, 11) is 0. The van der Waals surface area contributed by atoms with Gasteiger partial charge in [0.25, 0.3) is 0 Å². The quantitative estimate of drug-likeness (QED) is 0.754. The maximum atomic E-state index is 13.9. The highest BCUT2D eigenvalue weighted by Gasteiger charge is 2.41. The van der Waals surface area contributed by atoms with Gasteiger partial charge in [-0.3, -0.25) is 9.79 Å². The molecule has 0 N–H and O–H groups in total. The minimum Gasteiger partial charge on any atom is -0.487 e. The summed E-state index contributed by atoms with van der Waals surface area (Å²) in [6.45, 7) is 0.806. The Morgan fingerprint density at radius 1 is 1.07 bits per heavy atom. The molecule has 144 valence electrons. The van der Waals surface area contributed by atoms with E-state index in [0.29, 0.717) is 30.7 Å². The van der Waals surface area contributed by atoms with Gasteiger partial charge in [-0.1, -0.05) is 48.5 Å². The zero-order chi connectivity index (χ0) is 19.4. The Bertz CT molecular complexity index is 910. The van der Waals surface area contributed by atoms with Crippen LogP contribution in [0.4, 0.5) is 4.39 Å². The summed E-state index contributed by atoms with van der Waals surface area (Å²) in [6, 6.07) is 16.6. The normalized spacial score (nSPS) is 21.7. The maximum absolute atomic E-state index is 13.9. The van der Waals surface area contributed by atoms with Crippen LogP contribution in [0.1, 0.15) is 30.4 Å². The van der Waals surface area contributed by atoms with Crippen molar-refractivity contribution < 1.29 is 13.9 Å². The van der Waals surface area contributed by atoms with Gasteiger partial charge in [0.05, 0.1) is 6.21 Å². The highest BCUT2D eigenvalue weighted by molar-refractivity contribution is 5.83. The van der Waals surface area contributed by atoms with Crippen LogP contribution >= 0.6 is 0 Å². The largest absolute Gasteiger partial charge is 0.487 e. The second kappa shape index (κ2) is 7.97. The summed E-state index contributed by atoms with van der Waals surface area (Å²) < 4.78 is 19.7. The van der Waals surface area contributed by atoms with Crippen LogP contribution in [0.25, 0.3) is 0 Å². The molecule has 2 aromatic rings. The summed E-state index contributed by atoms with van der Waals surface area (Å²) in [4.78, 5) is 19.2. The van der Waals surface area contributed by atoms with Crippen molar-refractivity contribution in [3.63, 3.8) is 0 Å². The molecule has 1 atom stereocenters. The first-order valence-corrected chi connectivity index (χ1v) is 9.65. The van der Waals surface area contributed by atoms with E-state index in [4.69, 9.17) is 9.73 Å². The summed E-state index contributed by atoms with van der Waals surface area (Å²) in [5.41, 5.74) is 0.819. The number of piperidine rings is 1. The van der Waals surface area contributed by atoms with Crippen molar-refractivity contribution in [3.8, 4) is 0 Å². The van der Waals surface area contributed by atoms with Crippen LogP contribution < -0.4 is 0 Å². The second-order valence-corrected chi connectivity index (χ2v) is 7.23. The molecule has 2 aliphatic heterocycles. The van der Waals surface area contributed by atoms with Crippen LogP contribution in [0, 0.1) is 5.82 Å². The number of rotatable bonds is 6. The van der Waals surface area contributed by atoms with E-state index in [0.717, 1.165) is 18.4 Å². The lowest BCUT2D eigenvalue weighted by molar-refractivity contribution is -0.138. The molecular formula is C23H23FN2O2. The van der Waals surface area contributed by atoms with E-state index in [1.165, 1.54) is 6.07 Å². The number of carbonyl (C=O) groups is 1. The molecule has 0 radical (unpaired) electrons. The third-order valence-electron chi connectivity index (χ3n) is 5.24. The molecule has 2 heterocycles. The third-order valence-corrected chi connectivity index (χ3v) is 5.24. The Balaban J connectivity index is 1.58. The Morgan fingerprint density at radius 2 is 1.86 bits per heavy atom. The Hall–Kier alpha value is -2.95. The lowest BCUT2D eigenvalue weighted by Crippen LogP contribution is -2.52. The smallest absolute Gasteiger partial charge is 0.224 e. The lowest BCUT2D eigenvalue weighted by atomic mass is 9.95. The van der Waals surface area contributed by atoms with E-state index < -0.39 is 5.66 Å². The predicted molar refractivity (Wildman–Crippen MR) is 106 cm³/mol. The van der Waals surface area contributed by atoms with Gasteiger partial charge in [0, 0.05) is 31.0 Å². The molecule has 0 spiro atoms. The zero-order valence-corrected chi connectivity index (χ0v) is 15.7. The molecule has 0 aliphatic carbocycles. The van der Waals surface area contributed by atoms with Crippen molar-refractivity contribution in [1.29, 1.82) is 0 Å². The van der Waals surface area contributed by atoms with Crippen molar-refractivity contribution in [2.45, 2.75) is 38.0 Å². The van der Waals surface area contributed by atoms with Crippen molar-refractivity contribution in [2.75, 3.05) is 6.54 Å². The van der Waals surface area contributed by atoms with E-state index >= 15 is 0 Å². The second-order valence-electron chi connectivity index (χ2n) is 7.23. The number of hydrogen-bond acceptors (Lipinski definition) is 3. The summed E-state index contributed by atoms with van der Waals surface area (Å²) in [6.07, 6.45) is 6.58. The molecule has 1 saturated heterocycles. The highest BCUT2D eigenvalue weighted by Crippen LogP contribution is 2.33. The number of benzene rings is 2. The number of amides is 1. The van der Waals surface area contributed by atoms with Crippen LogP contribution in [-0.2, 0) is 22.6 Å². The van der Waals surface area contributed by atoms with Crippen LogP contribution in [-0.4, -0.2) is 29.2 Å². The predicted octanol–water partition coefficient (Wildman–Crippen LogP) is 4.26. The Morgan fingerprint density at radius 3 is 2.64 bits per heavy atom. The number of aliphatic imine (C=N–C) groups is 1. The van der Waals surface area contributed by atoms with Gasteiger partial charge >= 0.3 is 0 Å². The Kier molecular flexibility index (Phi) is 5.24. The third kappa shape index (κ3) is 3.84. The number of ether oxygens (including phenoxy) is 1. The van der Waals surface area contributed by atoms with Gasteiger partial charge in [0.15, 0.2) is 5.66 Å². The minimum absolute atomic E-state index is 0.117. The topological polar surface area (TPSA) is 41.9 Å². The van der Waals surface area contributed by atoms with Gasteiger partial charge in [-0.2, -0.15) is 0 Å². The van der Waals surface area contributed by atoms with E-state index in [1.54, 1.807) is 24.4 Å². The van der Waals surface area contributed by atoms with E-state index in [2.05, 4.69) is 0 Å². The van der Waals surface area contributed by atoms with Crippen LogP contribution in [0.2, 0.25) is 0 Å². The van der Waals surface area contributed by atoms with Crippen molar-refractivity contribution in [1.82, 2.24) is 4.90 Å². The monoisotopic (exact) mass is 378 g/mol.